The van der Waals surface area contributed by atoms with Crippen molar-refractivity contribution in [1.29, 1.82) is 0 Å². The van der Waals surface area contributed by atoms with Crippen LogP contribution in [0.4, 0.5) is 0 Å². The summed E-state index contributed by atoms with van der Waals surface area (Å²) in [7, 11) is 1.86. The van der Waals surface area contributed by atoms with Crippen molar-refractivity contribution in [1.82, 2.24) is 0 Å². The molecule has 0 amide bonds. The number of hydrogen-bond donors (Lipinski definition) is 0. The zero-order valence-electron chi connectivity index (χ0n) is 21.2. The van der Waals surface area contributed by atoms with Crippen molar-refractivity contribution < 1.29 is 9.39 Å². The topological polar surface area (TPSA) is 18.5 Å². The maximum absolute atomic E-state index is 7.12. The Labute approximate surface area is 200 Å². The van der Waals surface area contributed by atoms with Gasteiger partial charge in [-0.2, -0.15) is 0 Å². The number of methoxy groups -OCH3 is 1. The molecule has 4 heteroatoms. The summed E-state index contributed by atoms with van der Waals surface area (Å²) in [6, 6.07) is 0. The van der Waals surface area contributed by atoms with E-state index in [2.05, 4.69) is 5.98 Å². The Morgan fingerprint density at radius 3 is 1.34 bits per heavy atom. The van der Waals surface area contributed by atoms with E-state index in [9.17, 15) is 0 Å². The second-order valence-electron chi connectivity index (χ2n) is 11.8. The fourth-order valence-corrected chi connectivity index (χ4v) is 7.85. The highest BCUT2D eigenvalue weighted by Gasteiger charge is 2.39. The highest BCUT2D eigenvalue weighted by molar-refractivity contribution is 6.67. The van der Waals surface area contributed by atoms with E-state index < -0.39 is 0 Å². The van der Waals surface area contributed by atoms with Gasteiger partial charge in [0, 0.05) is 7.11 Å². The van der Waals surface area contributed by atoms with Crippen LogP contribution in [0.2, 0.25) is 23.3 Å². The molecule has 32 heavy (non-hydrogen) atoms. The lowest BCUT2D eigenvalue weighted by atomic mass is 9.30. The van der Waals surface area contributed by atoms with Gasteiger partial charge in [0.05, 0.1) is 5.76 Å². The molecule has 4 aliphatic carbocycles. The molecule has 0 aliphatic heterocycles. The molecule has 0 N–H and O–H groups in total. The molecule has 0 aromatic rings. The van der Waals surface area contributed by atoms with Gasteiger partial charge in [0.2, 0.25) is 0 Å². The lowest BCUT2D eigenvalue weighted by molar-refractivity contribution is 0.185. The summed E-state index contributed by atoms with van der Waals surface area (Å²) in [6.07, 6.45) is 28.4. The summed E-state index contributed by atoms with van der Waals surface area (Å²) >= 11 is 0. The van der Waals surface area contributed by atoms with Crippen LogP contribution in [0, 0.1) is 0 Å². The highest BCUT2D eigenvalue weighted by Crippen LogP contribution is 2.44. The first-order valence-electron chi connectivity index (χ1n) is 14.7. The molecule has 0 aromatic carbocycles. The molecule has 4 aliphatic rings. The lowest BCUT2D eigenvalue weighted by Crippen LogP contribution is -2.35. The van der Waals surface area contributed by atoms with Crippen molar-refractivity contribution in [3.63, 3.8) is 0 Å². The molecular formula is C28H50B2O2. The fraction of sp³-hybridized carbons (Fsp3) is 0.929. The minimum atomic E-state index is 0.440. The van der Waals surface area contributed by atoms with Gasteiger partial charge in [0.25, 0.3) is 0 Å². The smallest absolute Gasteiger partial charge is 0.363 e. The van der Waals surface area contributed by atoms with E-state index >= 15 is 0 Å². The Bertz CT molecular complexity index is 506. The normalized spacial score (nSPS) is 25.6. The Hall–Kier alpha value is -0.370. The maximum atomic E-state index is 7.12. The van der Waals surface area contributed by atoms with E-state index in [1.807, 2.05) is 7.11 Å². The quantitative estimate of drug-likeness (QED) is 0.263. The van der Waals surface area contributed by atoms with Gasteiger partial charge < -0.3 is 9.39 Å². The summed E-state index contributed by atoms with van der Waals surface area (Å²) in [6.45, 7) is 1.83. The third-order valence-electron chi connectivity index (χ3n) is 9.57. The molecule has 0 heterocycles. The van der Waals surface area contributed by atoms with Gasteiger partial charge in [-0.3, -0.25) is 0 Å². The van der Waals surface area contributed by atoms with Crippen molar-refractivity contribution >= 4 is 13.6 Å². The number of ether oxygens (including phenoxy) is 1. The zero-order valence-corrected chi connectivity index (χ0v) is 21.2. The molecule has 2 nitrogen and oxygen atoms in total. The SMILES string of the molecule is COC/C(=C\B(C1CCCCC1)C1CCCCC1)OB(C1CCCCC1)C1CCCCC1. The van der Waals surface area contributed by atoms with E-state index in [1.165, 1.54) is 134 Å². The second kappa shape index (κ2) is 13.5. The third kappa shape index (κ3) is 7.07. The summed E-state index contributed by atoms with van der Waals surface area (Å²) in [5.41, 5.74) is 0. The van der Waals surface area contributed by atoms with Crippen LogP contribution >= 0.6 is 0 Å². The van der Waals surface area contributed by atoms with E-state index in [4.69, 9.17) is 9.39 Å². The standard InChI is InChI=1S/C28H50B2O2/c1-31-23-28(22-29(24-14-6-2-7-15-24)25-16-8-3-9-17-25)32-30(26-18-10-4-11-19-26)27-20-12-5-13-21-27/h22,24-27H,2-21,23H2,1H3/b28-22+. The van der Waals surface area contributed by atoms with Gasteiger partial charge in [0.1, 0.15) is 6.61 Å². The average Bonchev–Trinajstić information content (AvgIpc) is 2.88. The molecule has 4 rings (SSSR count). The Kier molecular flexibility index (Phi) is 10.4. The number of rotatable bonds is 9. The van der Waals surface area contributed by atoms with Gasteiger partial charge in [-0.25, -0.2) is 0 Å². The van der Waals surface area contributed by atoms with Gasteiger partial charge in [0.15, 0.2) is 6.71 Å². The van der Waals surface area contributed by atoms with Crippen molar-refractivity contribution in [3.8, 4) is 0 Å². The van der Waals surface area contributed by atoms with Gasteiger partial charge in [-0.15, -0.1) is 0 Å². The largest absolute Gasteiger partial charge is 0.562 e. The molecule has 0 spiro atoms. The van der Waals surface area contributed by atoms with Crippen LogP contribution in [0.1, 0.15) is 128 Å². The molecule has 0 unspecified atom stereocenters. The highest BCUT2D eigenvalue weighted by atomic mass is 16.5. The Balaban J connectivity index is 1.54. The molecule has 0 radical (unpaired) electrons. The molecule has 0 saturated heterocycles. The van der Waals surface area contributed by atoms with Crippen molar-refractivity contribution in [2.75, 3.05) is 13.7 Å². The van der Waals surface area contributed by atoms with Crippen LogP contribution < -0.4 is 0 Å². The van der Waals surface area contributed by atoms with Crippen molar-refractivity contribution in [3.05, 3.63) is 11.7 Å². The van der Waals surface area contributed by atoms with E-state index in [0.717, 1.165) is 30.0 Å². The molecule has 4 saturated carbocycles. The first kappa shape index (κ1) is 24.7. The fourth-order valence-electron chi connectivity index (χ4n) is 7.85. The van der Waals surface area contributed by atoms with Crippen LogP contribution in [0.5, 0.6) is 0 Å². The maximum Gasteiger partial charge on any atom is 0.363 e. The van der Waals surface area contributed by atoms with Crippen molar-refractivity contribution in [2.24, 2.45) is 0 Å². The Morgan fingerprint density at radius 1 is 0.594 bits per heavy atom. The zero-order chi connectivity index (χ0) is 22.0. The molecular weight excluding hydrogens is 390 g/mol. The average molecular weight is 440 g/mol. The summed E-state index contributed by atoms with van der Waals surface area (Å²) in [4.78, 5) is 0. The minimum absolute atomic E-state index is 0.440. The molecule has 0 atom stereocenters. The van der Waals surface area contributed by atoms with Gasteiger partial charge >= 0.3 is 6.92 Å². The molecule has 180 valence electrons. The second-order valence-corrected chi connectivity index (χ2v) is 11.8. The number of hydrogen-bond acceptors (Lipinski definition) is 2. The van der Waals surface area contributed by atoms with Crippen LogP contribution in [-0.2, 0) is 9.39 Å². The van der Waals surface area contributed by atoms with Gasteiger partial charge in [-0.1, -0.05) is 146 Å². The van der Waals surface area contributed by atoms with Gasteiger partial charge in [-0.05, 0) is 11.6 Å². The summed E-state index contributed by atoms with van der Waals surface area (Å²) in [5.74, 6) is 7.14. The van der Waals surface area contributed by atoms with Crippen molar-refractivity contribution in [2.45, 2.75) is 152 Å². The lowest BCUT2D eigenvalue weighted by Gasteiger charge is -2.37. The first-order chi connectivity index (χ1) is 15.8. The predicted octanol–water partition coefficient (Wildman–Crippen LogP) is 8.90. The third-order valence-corrected chi connectivity index (χ3v) is 9.57. The molecule has 4 fully saturated rings. The summed E-state index contributed by atoms with van der Waals surface area (Å²) < 4.78 is 12.9. The Morgan fingerprint density at radius 2 is 0.969 bits per heavy atom. The van der Waals surface area contributed by atoms with E-state index in [1.54, 1.807) is 0 Å². The van der Waals surface area contributed by atoms with Crippen LogP contribution in [0.15, 0.2) is 11.7 Å². The van der Waals surface area contributed by atoms with Crippen LogP contribution in [0.25, 0.3) is 0 Å². The predicted molar refractivity (Wildman–Crippen MR) is 140 cm³/mol. The van der Waals surface area contributed by atoms with Crippen LogP contribution in [0.3, 0.4) is 0 Å². The molecule has 0 bridgehead atoms. The first-order valence-corrected chi connectivity index (χ1v) is 14.7. The monoisotopic (exact) mass is 440 g/mol. The van der Waals surface area contributed by atoms with E-state index in [0.29, 0.717) is 13.5 Å². The van der Waals surface area contributed by atoms with Crippen LogP contribution in [-0.4, -0.2) is 27.3 Å². The van der Waals surface area contributed by atoms with E-state index in [-0.39, 0.29) is 0 Å². The minimum Gasteiger partial charge on any atom is -0.562 e. The summed E-state index contributed by atoms with van der Waals surface area (Å²) in [5, 5.41) is 0. The molecule has 0 aromatic heterocycles.